The predicted molar refractivity (Wildman–Crippen MR) is 322 cm³/mol. The predicted octanol–water partition coefficient (Wildman–Crippen LogP) is 8.22. The van der Waals surface area contributed by atoms with E-state index in [1.807, 2.05) is 0 Å². The fourth-order valence-electron chi connectivity index (χ4n) is 9.54. The molecule has 464 valence electrons. The molecule has 0 aliphatic carbocycles. The molecule has 4 N–H and O–H groups in total. The van der Waals surface area contributed by atoms with Crippen molar-refractivity contribution in [2.75, 3.05) is 0 Å². The van der Waals surface area contributed by atoms with Crippen molar-refractivity contribution in [3.8, 4) is 45.8 Å². The Morgan fingerprint density at radius 1 is 0.300 bits per heavy atom. The number of aromatic nitrogens is 6. The smallest absolute Gasteiger partial charge is 0.329 e. The van der Waals surface area contributed by atoms with Gasteiger partial charge >= 0.3 is 23.9 Å². The molecular weight excluding hydrogens is 1160 g/mol. The first-order chi connectivity index (χ1) is 43.2. The van der Waals surface area contributed by atoms with E-state index in [1.165, 1.54) is 24.3 Å². The van der Waals surface area contributed by atoms with Gasteiger partial charge in [-0.3, -0.25) is 29.1 Å². The minimum absolute atomic E-state index is 0.0775. The molecule has 1 aliphatic heterocycles. The van der Waals surface area contributed by atoms with Crippen LogP contribution in [0.5, 0.6) is 0 Å². The van der Waals surface area contributed by atoms with Gasteiger partial charge in [-0.2, -0.15) is 0 Å². The first kappa shape index (κ1) is 63.7. The Kier molecular flexibility index (Phi) is 20.4. The molecule has 8 aromatic rings. The number of cyclic esters (lactones) is 4. The summed E-state index contributed by atoms with van der Waals surface area (Å²) < 4.78 is 35.1. The second-order valence-electron chi connectivity index (χ2n) is 22.5. The van der Waals surface area contributed by atoms with Crippen molar-refractivity contribution < 1.29 is 66.1 Å². The van der Waals surface area contributed by atoms with E-state index in [1.54, 1.807) is 165 Å². The Balaban J connectivity index is 0.984. The van der Waals surface area contributed by atoms with Gasteiger partial charge in [0.1, 0.15) is 50.6 Å². The molecule has 4 aromatic heterocycles. The van der Waals surface area contributed by atoms with E-state index in [9.17, 15) is 38.4 Å². The molecular formula is C66H66N10O14. The number of carbonyl (C=O) groups excluding carboxylic acids is 8. The van der Waals surface area contributed by atoms with Crippen LogP contribution in [0.25, 0.3) is 45.8 Å². The first-order valence-electron chi connectivity index (χ1n) is 29.1. The lowest BCUT2D eigenvalue weighted by molar-refractivity contribution is -0.149. The van der Waals surface area contributed by atoms with Crippen LogP contribution in [0.4, 0.5) is 0 Å². The average Bonchev–Trinajstić information content (AvgIpc) is 1.80. The molecule has 5 heterocycles. The molecule has 0 saturated carbocycles. The van der Waals surface area contributed by atoms with Crippen LogP contribution < -0.4 is 21.3 Å². The number of hydrogen-bond acceptors (Lipinski definition) is 20. The Morgan fingerprint density at radius 2 is 0.500 bits per heavy atom. The van der Waals surface area contributed by atoms with Crippen molar-refractivity contribution in [1.82, 2.24) is 51.6 Å². The number of hydrogen-bond donors (Lipinski definition) is 4. The lowest BCUT2D eigenvalue weighted by atomic mass is 10.0. The number of amides is 4. The zero-order chi connectivity index (χ0) is 64.2. The molecule has 0 spiro atoms. The third-order valence-corrected chi connectivity index (χ3v) is 14.5. The number of esters is 4. The van der Waals surface area contributed by atoms with Gasteiger partial charge in [0.15, 0.2) is 0 Å². The topological polar surface area (TPSA) is 325 Å². The van der Waals surface area contributed by atoms with E-state index >= 15 is 0 Å². The summed E-state index contributed by atoms with van der Waals surface area (Å²) in [7, 11) is 0. The van der Waals surface area contributed by atoms with Crippen LogP contribution in [0.2, 0.25) is 0 Å². The van der Waals surface area contributed by atoms with E-state index in [0.29, 0.717) is 22.8 Å². The summed E-state index contributed by atoms with van der Waals surface area (Å²) in [6.07, 6.45) is 0. The molecule has 1 aliphatic rings. The summed E-state index contributed by atoms with van der Waals surface area (Å²) in [5.41, 5.74) is 2.44. The highest BCUT2D eigenvalue weighted by Crippen LogP contribution is 2.31. The van der Waals surface area contributed by atoms with Crippen LogP contribution in [0.15, 0.2) is 142 Å². The second-order valence-corrected chi connectivity index (χ2v) is 22.5. The Hall–Kier alpha value is -10.8. The minimum Gasteiger partial charge on any atom is -0.458 e. The van der Waals surface area contributed by atoms with Crippen LogP contribution in [0.3, 0.4) is 0 Å². The molecule has 4 atom stereocenters. The second kappa shape index (κ2) is 28.8. The van der Waals surface area contributed by atoms with Crippen molar-refractivity contribution in [3.63, 3.8) is 0 Å². The molecule has 0 unspecified atom stereocenters. The van der Waals surface area contributed by atoms with E-state index in [-0.39, 0.29) is 94.5 Å². The van der Waals surface area contributed by atoms with Crippen LogP contribution >= 0.6 is 0 Å². The fourth-order valence-corrected chi connectivity index (χ4v) is 9.54. The maximum atomic E-state index is 14.1. The van der Waals surface area contributed by atoms with Crippen LogP contribution in [-0.4, -0.2) is 102 Å². The van der Waals surface area contributed by atoms with E-state index < -0.39 is 95.3 Å². The summed E-state index contributed by atoms with van der Waals surface area (Å²) in [6.45, 7) is 12.6. The highest BCUT2D eigenvalue weighted by Gasteiger charge is 2.33. The largest absolute Gasteiger partial charge is 0.458 e. The van der Waals surface area contributed by atoms with E-state index in [0.717, 1.165) is 0 Å². The Bertz CT molecular complexity index is 3480. The highest BCUT2D eigenvalue weighted by atomic mass is 16.5. The van der Waals surface area contributed by atoms with Crippen molar-refractivity contribution in [2.24, 2.45) is 23.7 Å². The quantitative estimate of drug-likeness (QED) is 0.0952. The van der Waals surface area contributed by atoms with Gasteiger partial charge in [0.2, 0.25) is 23.6 Å². The van der Waals surface area contributed by atoms with Crippen molar-refractivity contribution in [1.29, 1.82) is 0 Å². The van der Waals surface area contributed by atoms with Gasteiger partial charge in [0, 0.05) is 0 Å². The minimum atomic E-state index is -1.14. The number of carbonyl (C=O) groups is 8. The molecule has 24 nitrogen and oxygen atoms in total. The molecule has 0 fully saturated rings. The number of ether oxygens (including phenoxy) is 4. The number of nitrogens with one attached hydrogen (secondary N) is 4. The summed E-state index contributed by atoms with van der Waals surface area (Å²) >= 11 is 0. The van der Waals surface area contributed by atoms with Gasteiger partial charge in [0.25, 0.3) is 23.6 Å². The lowest BCUT2D eigenvalue weighted by Gasteiger charge is -2.22. The highest BCUT2D eigenvalue weighted by molar-refractivity contribution is 6.04. The number of pyridine rings is 2. The SMILES string of the molecule is CC(C)[C@@H]1NC(=O)c2ccccc2-c2nnc(o2)-c2ccccc2C(=O)N[C@@H](C(C)C)C(=O)OCc2cccc(n2)COC(=O)[C@H](C(C)C)NC(=O)c2ccccc2-c2nnc(o2)-c2ccccc2C(=O)N[C@@H](C(C)C)C(=O)OCc2cccc(n2)COC1=O. The maximum Gasteiger partial charge on any atom is 0.329 e. The number of fused-ring (bicyclic) bond motifs is 16. The van der Waals surface area contributed by atoms with Crippen LogP contribution in [-0.2, 0) is 64.6 Å². The molecule has 4 amide bonds. The molecule has 8 bridgehead atoms. The fraction of sp³-hybridized carbons (Fsp3) is 0.303. The molecule has 90 heavy (non-hydrogen) atoms. The standard InChI is InChI=1S/C66H66N10O14/c1-35(2)51-63(81)85-31-39-19-17-20-40(67-39)32-86-64(82)52(36(3)4)70-57(79)45-25-11-15-29-49(45)61-75-76-62(90-61)50-30-16-12-26-46(50)58(80)72-54(38(7)8)66(84)88-34-42-22-18-21-41(68-42)33-87-65(83)53(37(5)6)71-56(78)44-24-10-14-28-48(44)60-74-73-59(89-60)47-27-13-9-23-43(47)55(77)69-51/h9-30,35-38,51-54H,31-34H2,1-8H3,(H,69,77)(H,70,79)(H,71,78)(H,72,80)/t51-,52-,53-,54-/m0/s1. The Labute approximate surface area is 517 Å². The summed E-state index contributed by atoms with van der Waals surface area (Å²) in [5.74, 6) is -7.79. The molecule has 9 rings (SSSR count). The van der Waals surface area contributed by atoms with Crippen LogP contribution in [0, 0.1) is 23.7 Å². The van der Waals surface area contributed by atoms with Gasteiger partial charge in [-0.15, -0.1) is 20.4 Å². The van der Waals surface area contributed by atoms with E-state index in [2.05, 4.69) is 51.6 Å². The lowest BCUT2D eigenvalue weighted by Crippen LogP contribution is -2.45. The molecule has 24 heteroatoms. The van der Waals surface area contributed by atoms with Crippen molar-refractivity contribution >= 4 is 47.5 Å². The molecule has 0 radical (unpaired) electrons. The zero-order valence-electron chi connectivity index (χ0n) is 50.5. The number of rotatable bonds is 4. The van der Waals surface area contributed by atoms with Gasteiger partial charge in [0.05, 0.1) is 67.3 Å². The molecule has 4 aromatic carbocycles. The summed E-state index contributed by atoms with van der Waals surface area (Å²) in [6, 6.07) is 30.7. The molecule has 0 saturated heterocycles. The average molecular weight is 1220 g/mol. The van der Waals surface area contributed by atoms with Crippen molar-refractivity contribution in [2.45, 2.75) is 106 Å². The Morgan fingerprint density at radius 3 is 0.700 bits per heavy atom. The number of nitrogens with zero attached hydrogens (tertiary/aromatic N) is 6. The van der Waals surface area contributed by atoms with Crippen molar-refractivity contribution in [3.05, 3.63) is 178 Å². The zero-order valence-corrected chi connectivity index (χ0v) is 50.5. The maximum absolute atomic E-state index is 14.1. The van der Waals surface area contributed by atoms with Gasteiger partial charge in [-0.05, 0) is 96.5 Å². The normalized spacial score (nSPS) is 18.0. The summed E-state index contributed by atoms with van der Waals surface area (Å²) in [4.78, 5) is 121. The first-order valence-corrected chi connectivity index (χ1v) is 29.1. The van der Waals surface area contributed by atoms with Gasteiger partial charge < -0.3 is 49.0 Å². The monoisotopic (exact) mass is 1220 g/mol. The van der Waals surface area contributed by atoms with Gasteiger partial charge in [-0.1, -0.05) is 116 Å². The van der Waals surface area contributed by atoms with E-state index in [4.69, 9.17) is 27.8 Å². The third kappa shape index (κ3) is 15.3. The van der Waals surface area contributed by atoms with Gasteiger partial charge in [-0.25, -0.2) is 19.2 Å². The van der Waals surface area contributed by atoms with Crippen LogP contribution in [0.1, 0.15) is 120 Å². The summed E-state index contributed by atoms with van der Waals surface area (Å²) in [5, 5.41) is 28.1. The number of benzene rings is 4. The third-order valence-electron chi connectivity index (χ3n) is 14.5.